The maximum atomic E-state index is 12.3. The summed E-state index contributed by atoms with van der Waals surface area (Å²) in [6.45, 7) is 3.34. The smallest absolute Gasteiger partial charge is 0.136 e. The highest BCUT2D eigenvalue weighted by Crippen LogP contribution is 2.45. The summed E-state index contributed by atoms with van der Waals surface area (Å²) in [5.41, 5.74) is -0.138. The van der Waals surface area contributed by atoms with Gasteiger partial charge in [0, 0.05) is 29.6 Å². The van der Waals surface area contributed by atoms with Gasteiger partial charge in [0.2, 0.25) is 0 Å². The van der Waals surface area contributed by atoms with Crippen LogP contribution in [0.15, 0.2) is 30.3 Å². The van der Waals surface area contributed by atoms with Crippen LogP contribution in [0.5, 0.6) is 0 Å². The van der Waals surface area contributed by atoms with Crippen LogP contribution in [0.25, 0.3) is 0 Å². The molecule has 0 heterocycles. The number of ketones is 1. The van der Waals surface area contributed by atoms with E-state index in [9.17, 15) is 14.7 Å². The third-order valence-corrected chi connectivity index (χ3v) is 4.47. The van der Waals surface area contributed by atoms with Crippen LogP contribution in [0, 0.1) is 11.3 Å². The zero-order chi connectivity index (χ0) is 14.8. The molecule has 1 aromatic rings. The second kappa shape index (κ2) is 5.78. The number of Topliss-reactive ketones (excluding diaryl/α,β-unsaturated/α-hetero) is 1. The maximum Gasteiger partial charge on any atom is 0.136 e. The van der Waals surface area contributed by atoms with Gasteiger partial charge < -0.3 is 9.90 Å². The van der Waals surface area contributed by atoms with Gasteiger partial charge in [-0.15, -0.1) is 0 Å². The molecular formula is C17H21O3-. The van der Waals surface area contributed by atoms with Gasteiger partial charge in [0.15, 0.2) is 0 Å². The molecule has 1 aliphatic carbocycles. The van der Waals surface area contributed by atoms with Gasteiger partial charge in [-0.25, -0.2) is 0 Å². The monoisotopic (exact) mass is 273 g/mol. The predicted octanol–water partition coefficient (Wildman–Crippen LogP) is 2.31. The zero-order valence-corrected chi connectivity index (χ0v) is 12.1. The molecule has 0 bridgehead atoms. The lowest BCUT2D eigenvalue weighted by atomic mass is 9.64. The van der Waals surface area contributed by atoms with E-state index in [2.05, 4.69) is 0 Å². The lowest BCUT2D eigenvalue weighted by Gasteiger charge is -2.41. The highest BCUT2D eigenvalue weighted by molar-refractivity contribution is 5.84. The largest absolute Gasteiger partial charge is 0.550 e. The van der Waals surface area contributed by atoms with Gasteiger partial charge in [-0.2, -0.15) is 0 Å². The third-order valence-electron chi connectivity index (χ3n) is 4.47. The first-order valence-corrected chi connectivity index (χ1v) is 7.23. The molecule has 2 rings (SSSR count). The van der Waals surface area contributed by atoms with Crippen molar-refractivity contribution in [2.24, 2.45) is 11.3 Å². The van der Waals surface area contributed by atoms with Crippen molar-refractivity contribution in [3.8, 4) is 0 Å². The van der Waals surface area contributed by atoms with Crippen LogP contribution in [0.2, 0.25) is 0 Å². The number of aliphatic carboxylic acids is 1. The number of carboxylic acids is 1. The maximum absolute atomic E-state index is 12.3. The van der Waals surface area contributed by atoms with Crippen LogP contribution in [-0.4, -0.2) is 11.8 Å². The second-order valence-corrected chi connectivity index (χ2v) is 6.22. The van der Waals surface area contributed by atoms with Gasteiger partial charge in [0.25, 0.3) is 0 Å². The molecule has 20 heavy (non-hydrogen) atoms. The zero-order valence-electron chi connectivity index (χ0n) is 12.1. The van der Waals surface area contributed by atoms with Gasteiger partial charge in [0.05, 0.1) is 0 Å². The molecule has 0 aliphatic heterocycles. The van der Waals surface area contributed by atoms with E-state index in [0.717, 1.165) is 24.8 Å². The molecule has 0 spiro atoms. The van der Waals surface area contributed by atoms with Crippen LogP contribution in [0.3, 0.4) is 0 Å². The number of benzene rings is 1. The minimum atomic E-state index is -1.09. The van der Waals surface area contributed by atoms with Crippen molar-refractivity contribution in [1.82, 2.24) is 0 Å². The number of carbonyl (C=O) groups is 2. The Labute approximate surface area is 120 Å². The number of rotatable bonds is 4. The van der Waals surface area contributed by atoms with Crippen LogP contribution < -0.4 is 5.11 Å². The van der Waals surface area contributed by atoms with Gasteiger partial charge in [0.1, 0.15) is 5.78 Å². The Hall–Kier alpha value is -1.64. The fourth-order valence-corrected chi connectivity index (χ4v) is 3.30. The fourth-order valence-electron chi connectivity index (χ4n) is 3.30. The van der Waals surface area contributed by atoms with Gasteiger partial charge in [-0.3, -0.25) is 4.79 Å². The van der Waals surface area contributed by atoms with Crippen molar-refractivity contribution in [1.29, 1.82) is 0 Å². The van der Waals surface area contributed by atoms with Crippen LogP contribution in [0.4, 0.5) is 0 Å². The quantitative estimate of drug-likeness (QED) is 0.845. The molecule has 3 nitrogen and oxygen atoms in total. The Morgan fingerprint density at radius 1 is 1.25 bits per heavy atom. The lowest BCUT2D eigenvalue weighted by molar-refractivity contribution is -0.319. The molecule has 1 aliphatic rings. The summed E-state index contributed by atoms with van der Waals surface area (Å²) in [4.78, 5) is 23.8. The molecular weight excluding hydrogens is 252 g/mol. The van der Waals surface area contributed by atoms with E-state index in [-0.39, 0.29) is 17.6 Å². The first-order valence-electron chi connectivity index (χ1n) is 7.23. The molecule has 1 saturated carbocycles. The number of carboxylic acid groups (broad SMARTS) is 1. The number of carbonyl (C=O) groups excluding carboxylic acids is 2. The predicted molar refractivity (Wildman–Crippen MR) is 74.9 cm³/mol. The molecule has 0 amide bonds. The van der Waals surface area contributed by atoms with E-state index >= 15 is 0 Å². The molecule has 0 unspecified atom stereocenters. The number of hydrogen-bond acceptors (Lipinski definition) is 3. The minimum absolute atomic E-state index is 0.194. The molecule has 1 fully saturated rings. The Morgan fingerprint density at radius 2 is 1.90 bits per heavy atom. The Kier molecular flexibility index (Phi) is 4.26. The van der Waals surface area contributed by atoms with Crippen molar-refractivity contribution in [2.75, 3.05) is 0 Å². The standard InChI is InChI=1S/C17H22O3/c1-17(2,16(19)20)15(12-8-4-3-5-9-12)13-10-6-7-11-14(13)18/h3-5,8-9,13,15H,6-7,10-11H2,1-2H3,(H,19,20)/p-1/t13-,15+/m0/s1. The lowest BCUT2D eigenvalue weighted by Crippen LogP contribution is -2.46. The molecule has 2 atom stereocenters. The van der Waals surface area contributed by atoms with Gasteiger partial charge in [-0.1, -0.05) is 50.6 Å². The molecule has 0 saturated heterocycles. The summed E-state index contributed by atoms with van der Waals surface area (Å²) in [7, 11) is 0. The van der Waals surface area contributed by atoms with Crippen molar-refractivity contribution >= 4 is 11.8 Å². The van der Waals surface area contributed by atoms with E-state index < -0.39 is 11.4 Å². The summed E-state index contributed by atoms with van der Waals surface area (Å²) in [5.74, 6) is -1.43. The average molecular weight is 273 g/mol. The second-order valence-electron chi connectivity index (χ2n) is 6.22. The minimum Gasteiger partial charge on any atom is -0.550 e. The summed E-state index contributed by atoms with van der Waals surface area (Å²) >= 11 is 0. The van der Waals surface area contributed by atoms with Crippen molar-refractivity contribution in [2.45, 2.75) is 45.4 Å². The van der Waals surface area contributed by atoms with Crippen molar-refractivity contribution < 1.29 is 14.7 Å². The summed E-state index contributed by atoms with van der Waals surface area (Å²) in [6, 6.07) is 9.51. The van der Waals surface area contributed by atoms with E-state index in [1.165, 1.54) is 0 Å². The van der Waals surface area contributed by atoms with Gasteiger partial charge in [-0.05, 0) is 18.4 Å². The third kappa shape index (κ3) is 2.77. The van der Waals surface area contributed by atoms with Crippen molar-refractivity contribution in [3.63, 3.8) is 0 Å². The molecule has 108 valence electrons. The van der Waals surface area contributed by atoms with E-state index in [0.29, 0.717) is 6.42 Å². The Balaban J connectivity index is 2.44. The van der Waals surface area contributed by atoms with Crippen LogP contribution >= 0.6 is 0 Å². The first kappa shape index (κ1) is 14.8. The topological polar surface area (TPSA) is 57.2 Å². The fraction of sp³-hybridized carbons (Fsp3) is 0.529. The highest BCUT2D eigenvalue weighted by Gasteiger charge is 2.41. The summed E-state index contributed by atoms with van der Waals surface area (Å²) in [5, 5.41) is 11.6. The highest BCUT2D eigenvalue weighted by atomic mass is 16.4. The first-order chi connectivity index (χ1) is 9.44. The Morgan fingerprint density at radius 3 is 2.45 bits per heavy atom. The van der Waals surface area contributed by atoms with E-state index in [1.54, 1.807) is 13.8 Å². The summed E-state index contributed by atoms with van der Waals surface area (Å²) < 4.78 is 0. The van der Waals surface area contributed by atoms with Crippen LogP contribution in [-0.2, 0) is 9.59 Å². The SMILES string of the molecule is CC(C)(C(=O)[O-])[C@H](c1ccccc1)[C@H]1CCCCC1=O. The van der Waals surface area contributed by atoms with Crippen LogP contribution in [0.1, 0.15) is 51.0 Å². The number of hydrogen-bond donors (Lipinski definition) is 0. The van der Waals surface area contributed by atoms with Crippen molar-refractivity contribution in [3.05, 3.63) is 35.9 Å². The van der Waals surface area contributed by atoms with E-state index in [4.69, 9.17) is 0 Å². The molecule has 0 aromatic heterocycles. The van der Waals surface area contributed by atoms with Gasteiger partial charge >= 0.3 is 0 Å². The van der Waals surface area contributed by atoms with E-state index in [1.807, 2.05) is 30.3 Å². The summed E-state index contributed by atoms with van der Waals surface area (Å²) in [6.07, 6.45) is 3.25. The normalized spacial score (nSPS) is 21.5. The molecule has 1 aromatic carbocycles. The Bertz CT molecular complexity index is 490. The average Bonchev–Trinajstić information content (AvgIpc) is 2.42. The molecule has 0 radical (unpaired) electrons. The molecule has 0 N–H and O–H groups in total. The molecule has 3 heteroatoms.